The zero-order valence-electron chi connectivity index (χ0n) is 13.6. The van der Waals surface area contributed by atoms with Crippen molar-refractivity contribution < 1.29 is 19.4 Å². The molecule has 23 heavy (non-hydrogen) atoms. The molecule has 0 bridgehead atoms. The third kappa shape index (κ3) is 3.39. The number of amides is 1. The van der Waals surface area contributed by atoms with Crippen molar-refractivity contribution in [3.05, 3.63) is 34.3 Å². The number of carbonyl (C=O) groups excluding carboxylic acids is 1. The van der Waals surface area contributed by atoms with Gasteiger partial charge in [-0.25, -0.2) is 4.79 Å². The molecule has 0 aliphatic carbocycles. The Labute approximate surface area is 144 Å². The highest BCUT2D eigenvalue weighted by Gasteiger charge is 2.57. The van der Waals surface area contributed by atoms with E-state index in [1.54, 1.807) is 4.90 Å². The van der Waals surface area contributed by atoms with Crippen LogP contribution in [0.1, 0.15) is 32.8 Å². The van der Waals surface area contributed by atoms with Crippen molar-refractivity contribution in [2.75, 3.05) is 19.7 Å². The van der Waals surface area contributed by atoms with Crippen molar-refractivity contribution in [1.82, 2.24) is 4.90 Å². The second kappa shape index (κ2) is 5.46. The van der Waals surface area contributed by atoms with Gasteiger partial charge in [0.05, 0.1) is 19.7 Å². The summed E-state index contributed by atoms with van der Waals surface area (Å²) in [7, 11) is 0. The highest BCUT2D eigenvalue weighted by atomic mass is 79.9. The lowest BCUT2D eigenvalue weighted by Crippen LogP contribution is -2.64. The van der Waals surface area contributed by atoms with Gasteiger partial charge in [-0.15, -0.1) is 0 Å². The van der Waals surface area contributed by atoms with Gasteiger partial charge in [0.15, 0.2) is 0 Å². The lowest BCUT2D eigenvalue weighted by molar-refractivity contribution is -0.109. The normalized spacial score (nSPS) is 26.2. The molecule has 1 aromatic carbocycles. The number of hydrogen-bond donors (Lipinski definition) is 1. The van der Waals surface area contributed by atoms with Crippen LogP contribution >= 0.6 is 15.9 Å². The van der Waals surface area contributed by atoms with Gasteiger partial charge in [0.2, 0.25) is 0 Å². The number of aliphatic hydroxyl groups is 1. The molecule has 0 aromatic heterocycles. The third-order valence-corrected chi connectivity index (χ3v) is 4.75. The van der Waals surface area contributed by atoms with Gasteiger partial charge < -0.3 is 19.5 Å². The fourth-order valence-electron chi connectivity index (χ4n) is 3.16. The second-order valence-corrected chi connectivity index (χ2v) is 8.44. The van der Waals surface area contributed by atoms with E-state index in [2.05, 4.69) is 15.9 Å². The zero-order chi connectivity index (χ0) is 16.9. The Morgan fingerprint density at radius 1 is 1.30 bits per heavy atom. The average molecular weight is 384 g/mol. The first-order valence-corrected chi connectivity index (χ1v) is 8.51. The van der Waals surface area contributed by atoms with Crippen LogP contribution in [0.15, 0.2) is 28.7 Å². The van der Waals surface area contributed by atoms with Gasteiger partial charge in [-0.2, -0.15) is 0 Å². The molecular weight excluding hydrogens is 362 g/mol. The number of nitrogens with zero attached hydrogens (tertiary/aromatic N) is 1. The lowest BCUT2D eigenvalue weighted by atomic mass is 9.82. The standard InChI is InChI=1S/C17H22BrNO4/c1-15(2,3)23-14(20)19-9-16(10-19)8-17(21,11-22-16)12-4-6-13(18)7-5-12/h4-7,21H,8-11H2,1-3H3. The number of carbonyl (C=O) groups is 1. The first-order chi connectivity index (χ1) is 10.6. The summed E-state index contributed by atoms with van der Waals surface area (Å²) in [4.78, 5) is 13.7. The molecule has 2 aliphatic rings. The van der Waals surface area contributed by atoms with Gasteiger partial charge in [-0.05, 0) is 38.5 Å². The molecule has 1 N–H and O–H groups in total. The van der Waals surface area contributed by atoms with Crippen LogP contribution in [0, 0.1) is 0 Å². The minimum atomic E-state index is -0.999. The predicted molar refractivity (Wildman–Crippen MR) is 89.1 cm³/mol. The molecule has 2 saturated heterocycles. The number of hydrogen-bond acceptors (Lipinski definition) is 4. The van der Waals surface area contributed by atoms with Crippen LogP contribution in [0.2, 0.25) is 0 Å². The summed E-state index contributed by atoms with van der Waals surface area (Å²) in [5, 5.41) is 10.9. The summed E-state index contributed by atoms with van der Waals surface area (Å²) in [6.07, 6.45) is 0.159. The molecule has 1 spiro atoms. The molecule has 1 unspecified atom stereocenters. The SMILES string of the molecule is CC(C)(C)OC(=O)N1CC2(C1)CC(O)(c1ccc(Br)cc1)CO2. The van der Waals surface area contributed by atoms with Crippen LogP contribution in [0.4, 0.5) is 4.79 Å². The molecule has 1 aromatic rings. The molecule has 1 amide bonds. The van der Waals surface area contributed by atoms with E-state index in [0.717, 1.165) is 10.0 Å². The largest absolute Gasteiger partial charge is 0.444 e. The lowest BCUT2D eigenvalue weighted by Gasteiger charge is -2.47. The first kappa shape index (κ1) is 16.7. The second-order valence-electron chi connectivity index (χ2n) is 7.52. The van der Waals surface area contributed by atoms with Crippen molar-refractivity contribution in [3.8, 4) is 0 Å². The molecule has 2 aliphatic heterocycles. The van der Waals surface area contributed by atoms with Crippen LogP contribution < -0.4 is 0 Å². The highest BCUT2D eigenvalue weighted by molar-refractivity contribution is 9.10. The number of ether oxygens (including phenoxy) is 2. The number of benzene rings is 1. The van der Waals surface area contributed by atoms with Gasteiger partial charge in [-0.1, -0.05) is 28.1 Å². The smallest absolute Gasteiger partial charge is 0.410 e. The Bertz CT molecular complexity index is 604. The summed E-state index contributed by atoms with van der Waals surface area (Å²) in [5.74, 6) is 0. The fourth-order valence-corrected chi connectivity index (χ4v) is 3.43. The Kier molecular flexibility index (Phi) is 3.98. The van der Waals surface area contributed by atoms with Crippen LogP contribution in [0.3, 0.4) is 0 Å². The summed E-state index contributed by atoms with van der Waals surface area (Å²) in [6, 6.07) is 7.62. The van der Waals surface area contributed by atoms with E-state index in [1.807, 2.05) is 45.0 Å². The minimum absolute atomic E-state index is 0.247. The van der Waals surface area contributed by atoms with Gasteiger partial charge in [0.25, 0.3) is 0 Å². The minimum Gasteiger partial charge on any atom is -0.444 e. The quantitative estimate of drug-likeness (QED) is 0.809. The maximum Gasteiger partial charge on any atom is 0.410 e. The first-order valence-electron chi connectivity index (χ1n) is 7.71. The summed E-state index contributed by atoms with van der Waals surface area (Å²) in [5.41, 5.74) is -1.12. The van der Waals surface area contributed by atoms with Gasteiger partial charge >= 0.3 is 6.09 Å². The van der Waals surface area contributed by atoms with Crippen molar-refractivity contribution in [3.63, 3.8) is 0 Å². The van der Waals surface area contributed by atoms with Crippen LogP contribution in [-0.4, -0.2) is 47.0 Å². The van der Waals surface area contributed by atoms with Crippen molar-refractivity contribution in [2.24, 2.45) is 0 Å². The van der Waals surface area contributed by atoms with E-state index < -0.39 is 16.8 Å². The van der Waals surface area contributed by atoms with Crippen LogP contribution in [0.25, 0.3) is 0 Å². The predicted octanol–water partition coefficient (Wildman–Crippen LogP) is 3.05. The Morgan fingerprint density at radius 3 is 2.48 bits per heavy atom. The van der Waals surface area contributed by atoms with Gasteiger partial charge in [0.1, 0.15) is 16.8 Å². The van der Waals surface area contributed by atoms with Gasteiger partial charge in [-0.3, -0.25) is 0 Å². The van der Waals surface area contributed by atoms with E-state index in [-0.39, 0.29) is 12.7 Å². The summed E-state index contributed by atoms with van der Waals surface area (Å²) < 4.78 is 12.2. The Morgan fingerprint density at radius 2 is 1.91 bits per heavy atom. The van der Waals surface area contributed by atoms with Crippen molar-refractivity contribution in [1.29, 1.82) is 0 Å². The molecular formula is C17H22BrNO4. The number of rotatable bonds is 1. The fraction of sp³-hybridized carbons (Fsp3) is 0.588. The number of likely N-dealkylation sites (tertiary alicyclic amines) is 1. The molecule has 2 fully saturated rings. The topological polar surface area (TPSA) is 59.0 Å². The average Bonchev–Trinajstić information content (AvgIpc) is 2.75. The number of halogens is 1. The highest BCUT2D eigenvalue weighted by Crippen LogP contribution is 2.45. The van der Waals surface area contributed by atoms with E-state index in [4.69, 9.17) is 9.47 Å². The Hall–Kier alpha value is -1.11. The van der Waals surface area contributed by atoms with Gasteiger partial charge in [0, 0.05) is 10.9 Å². The third-order valence-electron chi connectivity index (χ3n) is 4.22. The van der Waals surface area contributed by atoms with E-state index in [0.29, 0.717) is 19.5 Å². The molecule has 6 heteroatoms. The Balaban J connectivity index is 1.63. The van der Waals surface area contributed by atoms with Crippen LogP contribution in [0.5, 0.6) is 0 Å². The van der Waals surface area contributed by atoms with Crippen molar-refractivity contribution in [2.45, 2.75) is 44.0 Å². The summed E-state index contributed by atoms with van der Waals surface area (Å²) in [6.45, 7) is 6.70. The molecule has 2 heterocycles. The van der Waals surface area contributed by atoms with E-state index in [9.17, 15) is 9.90 Å². The maximum atomic E-state index is 12.0. The summed E-state index contributed by atoms with van der Waals surface area (Å²) >= 11 is 3.40. The van der Waals surface area contributed by atoms with Crippen molar-refractivity contribution >= 4 is 22.0 Å². The zero-order valence-corrected chi connectivity index (χ0v) is 15.2. The monoisotopic (exact) mass is 383 g/mol. The van der Waals surface area contributed by atoms with E-state index >= 15 is 0 Å². The molecule has 5 nitrogen and oxygen atoms in total. The maximum absolute atomic E-state index is 12.0. The molecule has 0 saturated carbocycles. The molecule has 0 radical (unpaired) electrons. The molecule has 1 atom stereocenters. The van der Waals surface area contributed by atoms with E-state index in [1.165, 1.54) is 0 Å². The molecule has 3 rings (SSSR count). The van der Waals surface area contributed by atoms with Crippen LogP contribution in [-0.2, 0) is 15.1 Å². The molecule has 126 valence electrons.